The van der Waals surface area contributed by atoms with Gasteiger partial charge in [-0.15, -0.1) is 0 Å². The number of halogens is 1. The highest BCUT2D eigenvalue weighted by atomic mass is 79.9. The van der Waals surface area contributed by atoms with Crippen molar-refractivity contribution in [3.05, 3.63) is 29.1 Å². The molecule has 0 saturated carbocycles. The fourth-order valence-electron chi connectivity index (χ4n) is 1.85. The van der Waals surface area contributed by atoms with Gasteiger partial charge in [0.2, 0.25) is 0 Å². The number of carbonyl (C=O) groups is 1. The minimum absolute atomic E-state index is 0.394. The maximum absolute atomic E-state index is 11.5. The van der Waals surface area contributed by atoms with Gasteiger partial charge >= 0.3 is 6.09 Å². The van der Waals surface area contributed by atoms with Crippen LogP contribution < -0.4 is 5.32 Å². The van der Waals surface area contributed by atoms with Crippen molar-refractivity contribution in [2.75, 3.05) is 6.54 Å². The van der Waals surface area contributed by atoms with Crippen LogP contribution in [0.25, 0.3) is 10.9 Å². The summed E-state index contributed by atoms with van der Waals surface area (Å²) in [5, 5.41) is 3.86. The Hall–Kier alpha value is -1.56. The highest BCUT2D eigenvalue weighted by molar-refractivity contribution is 9.10. The summed E-state index contributed by atoms with van der Waals surface area (Å²) in [5.41, 5.74) is 0.569. The number of nitrogens with one attached hydrogen (secondary N) is 1. The van der Waals surface area contributed by atoms with Gasteiger partial charge in [-0.3, -0.25) is 0 Å². The van der Waals surface area contributed by atoms with Gasteiger partial charge in [-0.2, -0.15) is 0 Å². The van der Waals surface area contributed by atoms with E-state index < -0.39 is 11.7 Å². The van der Waals surface area contributed by atoms with Gasteiger partial charge in [0.15, 0.2) is 0 Å². The van der Waals surface area contributed by atoms with Crippen LogP contribution in [0.4, 0.5) is 4.79 Å². The van der Waals surface area contributed by atoms with Crippen molar-refractivity contribution in [3.63, 3.8) is 0 Å². The van der Waals surface area contributed by atoms with Gasteiger partial charge in [-0.05, 0) is 48.8 Å². The van der Waals surface area contributed by atoms with Crippen molar-refractivity contribution in [3.8, 4) is 0 Å². The lowest BCUT2D eigenvalue weighted by Gasteiger charge is -2.19. The molecule has 1 N–H and O–H groups in total. The van der Waals surface area contributed by atoms with Crippen LogP contribution in [0.1, 0.15) is 20.8 Å². The predicted molar refractivity (Wildman–Crippen MR) is 81.7 cm³/mol. The fourth-order valence-corrected chi connectivity index (χ4v) is 2.20. The molecule has 6 heteroatoms. The molecule has 2 heterocycles. The van der Waals surface area contributed by atoms with E-state index >= 15 is 0 Å². The van der Waals surface area contributed by atoms with E-state index in [1.807, 2.05) is 49.9 Å². The van der Waals surface area contributed by atoms with Crippen molar-refractivity contribution < 1.29 is 9.53 Å². The van der Waals surface area contributed by atoms with Gasteiger partial charge in [0.25, 0.3) is 0 Å². The molecule has 0 saturated heterocycles. The van der Waals surface area contributed by atoms with Crippen molar-refractivity contribution in [2.45, 2.75) is 32.9 Å². The van der Waals surface area contributed by atoms with Crippen molar-refractivity contribution >= 4 is 32.9 Å². The van der Waals surface area contributed by atoms with E-state index in [0.717, 1.165) is 15.5 Å². The Balaban J connectivity index is 1.92. The molecule has 0 unspecified atom stereocenters. The first kappa shape index (κ1) is 14.8. The monoisotopic (exact) mass is 339 g/mol. The van der Waals surface area contributed by atoms with Gasteiger partial charge in [0.05, 0.1) is 11.7 Å². The van der Waals surface area contributed by atoms with Crippen LogP contribution in [0.2, 0.25) is 0 Å². The molecule has 0 aliphatic carbocycles. The van der Waals surface area contributed by atoms with E-state index in [1.165, 1.54) is 0 Å². The molecule has 0 aliphatic heterocycles. The highest BCUT2D eigenvalue weighted by Crippen LogP contribution is 2.18. The minimum atomic E-state index is -0.472. The standard InChI is InChI=1S/C14H18BrN3O2/c1-14(2,3)20-13(19)16-5-7-18-6-4-10-8-12(15)17-9-11(10)18/h4,6,8-9H,5,7H2,1-3H3,(H,16,19). The quantitative estimate of drug-likeness (QED) is 0.872. The lowest BCUT2D eigenvalue weighted by Crippen LogP contribution is -2.34. The Morgan fingerprint density at radius 2 is 2.25 bits per heavy atom. The molecular formula is C14H18BrN3O2. The molecule has 0 aliphatic rings. The zero-order chi connectivity index (χ0) is 14.8. The van der Waals surface area contributed by atoms with Crippen LogP contribution in [0.15, 0.2) is 29.1 Å². The van der Waals surface area contributed by atoms with Gasteiger partial charge in [0, 0.05) is 24.7 Å². The first-order valence-electron chi connectivity index (χ1n) is 6.42. The number of aromatic nitrogens is 2. The summed E-state index contributed by atoms with van der Waals surface area (Å²) in [5.74, 6) is 0. The Morgan fingerprint density at radius 3 is 2.95 bits per heavy atom. The van der Waals surface area contributed by atoms with Crippen LogP contribution in [0.3, 0.4) is 0 Å². The molecule has 2 aromatic heterocycles. The van der Waals surface area contributed by atoms with Gasteiger partial charge in [0.1, 0.15) is 10.2 Å². The summed E-state index contributed by atoms with van der Waals surface area (Å²) < 4.78 is 8.04. The maximum atomic E-state index is 11.5. The van der Waals surface area contributed by atoms with E-state index in [1.54, 1.807) is 0 Å². The molecule has 20 heavy (non-hydrogen) atoms. The summed E-state index contributed by atoms with van der Waals surface area (Å²) in [6.45, 7) is 6.71. The number of fused-ring (bicyclic) bond motifs is 1. The summed E-state index contributed by atoms with van der Waals surface area (Å²) in [6.07, 6.45) is 3.40. The van der Waals surface area contributed by atoms with Gasteiger partial charge in [-0.1, -0.05) is 0 Å². The number of amides is 1. The first-order chi connectivity index (χ1) is 9.35. The average Bonchev–Trinajstić information content (AvgIpc) is 2.69. The second-order valence-corrected chi connectivity index (χ2v) is 6.32. The van der Waals surface area contributed by atoms with Crippen LogP contribution in [0, 0.1) is 0 Å². The molecule has 108 valence electrons. The van der Waals surface area contributed by atoms with E-state index in [-0.39, 0.29) is 0 Å². The van der Waals surface area contributed by atoms with Crippen molar-refractivity contribution in [1.82, 2.24) is 14.9 Å². The number of pyridine rings is 1. The third-order valence-corrected chi connectivity index (χ3v) is 3.08. The summed E-state index contributed by atoms with van der Waals surface area (Å²) >= 11 is 3.35. The number of alkyl carbamates (subject to hydrolysis) is 1. The number of rotatable bonds is 3. The number of ether oxygens (including phenoxy) is 1. The minimum Gasteiger partial charge on any atom is -0.444 e. The van der Waals surface area contributed by atoms with Crippen LogP contribution in [0.5, 0.6) is 0 Å². The number of hydrogen-bond donors (Lipinski definition) is 1. The second kappa shape index (κ2) is 5.83. The Bertz CT molecular complexity index is 616. The van der Waals surface area contributed by atoms with Crippen LogP contribution in [-0.2, 0) is 11.3 Å². The maximum Gasteiger partial charge on any atom is 0.407 e. The molecular weight excluding hydrogens is 322 g/mol. The van der Waals surface area contributed by atoms with Crippen molar-refractivity contribution in [2.24, 2.45) is 0 Å². The summed E-state index contributed by atoms with van der Waals surface area (Å²) in [4.78, 5) is 15.7. The van der Waals surface area contributed by atoms with E-state index in [4.69, 9.17) is 4.74 Å². The highest BCUT2D eigenvalue weighted by Gasteiger charge is 2.15. The topological polar surface area (TPSA) is 56.1 Å². The molecule has 0 spiro atoms. The molecule has 1 amide bonds. The zero-order valence-corrected chi connectivity index (χ0v) is 13.4. The fraction of sp³-hybridized carbons (Fsp3) is 0.429. The molecule has 2 rings (SSSR count). The number of hydrogen-bond acceptors (Lipinski definition) is 3. The average molecular weight is 340 g/mol. The molecule has 0 aromatic carbocycles. The van der Waals surface area contributed by atoms with Crippen LogP contribution in [-0.4, -0.2) is 27.8 Å². The largest absolute Gasteiger partial charge is 0.444 e. The van der Waals surface area contributed by atoms with E-state index in [9.17, 15) is 4.79 Å². The normalized spacial score (nSPS) is 11.6. The van der Waals surface area contributed by atoms with Crippen molar-refractivity contribution in [1.29, 1.82) is 0 Å². The predicted octanol–water partition coefficient (Wildman–Crippen LogP) is 3.32. The van der Waals surface area contributed by atoms with Gasteiger partial charge in [-0.25, -0.2) is 9.78 Å². The number of nitrogens with zero attached hydrogens (tertiary/aromatic N) is 2. The molecule has 5 nitrogen and oxygen atoms in total. The third kappa shape index (κ3) is 3.96. The van der Waals surface area contributed by atoms with E-state index in [0.29, 0.717) is 13.1 Å². The SMILES string of the molecule is CC(C)(C)OC(=O)NCCn1ccc2cc(Br)ncc21. The van der Waals surface area contributed by atoms with E-state index in [2.05, 4.69) is 26.2 Å². The van der Waals surface area contributed by atoms with Gasteiger partial charge < -0.3 is 14.6 Å². The zero-order valence-electron chi connectivity index (χ0n) is 11.8. The first-order valence-corrected chi connectivity index (χ1v) is 7.22. The molecule has 0 fully saturated rings. The Kier molecular flexibility index (Phi) is 4.32. The Morgan fingerprint density at radius 1 is 1.50 bits per heavy atom. The molecule has 2 aromatic rings. The lowest BCUT2D eigenvalue weighted by molar-refractivity contribution is 0.0526. The lowest BCUT2D eigenvalue weighted by atomic mass is 10.2. The van der Waals surface area contributed by atoms with Crippen LogP contribution >= 0.6 is 15.9 Å². The summed E-state index contributed by atoms with van der Waals surface area (Å²) in [7, 11) is 0. The third-order valence-electron chi connectivity index (χ3n) is 2.64. The number of carbonyl (C=O) groups excluding carboxylic acids is 1. The molecule has 0 radical (unpaired) electrons. The second-order valence-electron chi connectivity index (χ2n) is 5.50. The Labute approximate surface area is 126 Å². The smallest absolute Gasteiger partial charge is 0.407 e. The molecule has 0 atom stereocenters. The summed E-state index contributed by atoms with van der Waals surface area (Å²) in [6, 6.07) is 3.99. The molecule has 0 bridgehead atoms.